The maximum absolute atomic E-state index is 12.0. The van der Waals surface area contributed by atoms with Gasteiger partial charge in [-0.1, -0.05) is 11.6 Å². The van der Waals surface area contributed by atoms with Gasteiger partial charge in [0.1, 0.15) is 0 Å². The molecule has 0 aliphatic heterocycles. The number of methoxy groups -OCH3 is 2. The Morgan fingerprint density at radius 2 is 1.74 bits per heavy atom. The zero-order valence-corrected chi connectivity index (χ0v) is 12.6. The number of esters is 1. The lowest BCUT2D eigenvalue weighted by Crippen LogP contribution is -2.31. The lowest BCUT2D eigenvalue weighted by molar-refractivity contribution is -0.148. The summed E-state index contributed by atoms with van der Waals surface area (Å²) in [5.74, 6) is 0.722. The van der Waals surface area contributed by atoms with E-state index in [-0.39, 0.29) is 5.97 Å². The highest BCUT2D eigenvalue weighted by atomic mass is 35.5. The van der Waals surface area contributed by atoms with Crippen LogP contribution in [0.25, 0.3) is 0 Å². The molecule has 0 atom stereocenters. The average Bonchev–Trinajstić information content (AvgIpc) is 2.38. The number of benzene rings is 1. The molecule has 0 aliphatic rings. The van der Waals surface area contributed by atoms with Gasteiger partial charge in [-0.15, -0.1) is 0 Å². The van der Waals surface area contributed by atoms with Crippen LogP contribution in [0.4, 0.5) is 0 Å². The molecule has 0 bridgehead atoms. The molecular weight excluding hydrogens is 268 g/mol. The Morgan fingerprint density at radius 3 is 2.21 bits per heavy atom. The van der Waals surface area contributed by atoms with E-state index in [1.165, 1.54) is 14.2 Å². The molecule has 0 spiro atoms. The van der Waals surface area contributed by atoms with Crippen LogP contribution in [0.3, 0.4) is 0 Å². The molecule has 1 aromatic carbocycles. The third-order valence-corrected chi connectivity index (χ3v) is 3.25. The van der Waals surface area contributed by atoms with E-state index in [1.807, 2.05) is 0 Å². The molecule has 19 heavy (non-hydrogen) atoms. The standard InChI is InChI=1S/C14H19ClO4/c1-6-19-13(16)14(2,3)9-7-11(17-4)12(18-5)8-10(9)15/h7-8H,6H2,1-5H3. The third kappa shape index (κ3) is 3.13. The fourth-order valence-electron chi connectivity index (χ4n) is 1.75. The number of carbonyl (C=O) groups excluding carboxylic acids is 1. The van der Waals surface area contributed by atoms with Crippen LogP contribution in [-0.4, -0.2) is 26.8 Å². The minimum Gasteiger partial charge on any atom is -0.493 e. The van der Waals surface area contributed by atoms with Crippen LogP contribution >= 0.6 is 11.6 Å². The van der Waals surface area contributed by atoms with Crippen molar-refractivity contribution < 1.29 is 19.0 Å². The zero-order chi connectivity index (χ0) is 14.6. The van der Waals surface area contributed by atoms with Gasteiger partial charge < -0.3 is 14.2 Å². The molecule has 0 N–H and O–H groups in total. The summed E-state index contributed by atoms with van der Waals surface area (Å²) in [6.07, 6.45) is 0. The highest BCUT2D eigenvalue weighted by Crippen LogP contribution is 2.39. The molecule has 0 unspecified atom stereocenters. The minimum absolute atomic E-state index is 0.327. The molecule has 0 saturated heterocycles. The predicted molar refractivity (Wildman–Crippen MR) is 74.2 cm³/mol. The lowest BCUT2D eigenvalue weighted by atomic mass is 9.84. The molecule has 5 heteroatoms. The van der Waals surface area contributed by atoms with Crippen molar-refractivity contribution in [1.82, 2.24) is 0 Å². The summed E-state index contributed by atoms with van der Waals surface area (Å²) in [7, 11) is 3.07. The van der Waals surface area contributed by atoms with Gasteiger partial charge in [-0.05, 0) is 32.4 Å². The van der Waals surface area contributed by atoms with Gasteiger partial charge in [-0.25, -0.2) is 0 Å². The van der Waals surface area contributed by atoms with Crippen molar-refractivity contribution in [3.8, 4) is 11.5 Å². The van der Waals surface area contributed by atoms with E-state index in [0.29, 0.717) is 28.7 Å². The van der Waals surface area contributed by atoms with Crippen molar-refractivity contribution >= 4 is 17.6 Å². The summed E-state index contributed by atoms with van der Waals surface area (Å²) >= 11 is 6.22. The fraction of sp³-hybridized carbons (Fsp3) is 0.500. The molecule has 0 radical (unpaired) electrons. The highest BCUT2D eigenvalue weighted by Gasteiger charge is 2.34. The molecule has 0 amide bonds. The number of carbonyl (C=O) groups is 1. The van der Waals surface area contributed by atoms with Gasteiger partial charge in [0.2, 0.25) is 0 Å². The van der Waals surface area contributed by atoms with Gasteiger partial charge in [0, 0.05) is 11.1 Å². The van der Waals surface area contributed by atoms with Crippen molar-refractivity contribution in [3.63, 3.8) is 0 Å². The lowest BCUT2D eigenvalue weighted by Gasteiger charge is -2.25. The maximum Gasteiger partial charge on any atom is 0.316 e. The SMILES string of the molecule is CCOC(=O)C(C)(C)c1cc(OC)c(OC)cc1Cl. The Morgan fingerprint density at radius 1 is 1.21 bits per heavy atom. The van der Waals surface area contributed by atoms with E-state index in [1.54, 1.807) is 32.9 Å². The fourth-order valence-corrected chi connectivity index (χ4v) is 2.14. The van der Waals surface area contributed by atoms with Crippen LogP contribution < -0.4 is 9.47 Å². The zero-order valence-electron chi connectivity index (χ0n) is 11.9. The molecule has 106 valence electrons. The summed E-state index contributed by atoms with van der Waals surface area (Å²) in [4.78, 5) is 12.0. The van der Waals surface area contributed by atoms with Gasteiger partial charge in [-0.3, -0.25) is 4.79 Å². The normalized spacial score (nSPS) is 11.1. The second-order valence-electron chi connectivity index (χ2n) is 4.53. The summed E-state index contributed by atoms with van der Waals surface area (Å²) in [5.41, 5.74) is -0.211. The number of halogens is 1. The Hall–Kier alpha value is -1.42. The number of hydrogen-bond donors (Lipinski definition) is 0. The maximum atomic E-state index is 12.0. The van der Waals surface area contributed by atoms with E-state index in [2.05, 4.69) is 0 Å². The van der Waals surface area contributed by atoms with Crippen LogP contribution in [0.5, 0.6) is 11.5 Å². The van der Waals surface area contributed by atoms with E-state index < -0.39 is 5.41 Å². The van der Waals surface area contributed by atoms with Crippen LogP contribution in [0, 0.1) is 0 Å². The summed E-state index contributed by atoms with van der Waals surface area (Å²) < 4.78 is 15.5. The molecule has 1 rings (SSSR count). The molecule has 0 heterocycles. The number of rotatable bonds is 5. The van der Waals surface area contributed by atoms with Crippen molar-refractivity contribution in [2.24, 2.45) is 0 Å². The first-order chi connectivity index (χ1) is 8.88. The van der Waals surface area contributed by atoms with Gasteiger partial charge in [0.15, 0.2) is 11.5 Å². The summed E-state index contributed by atoms with van der Waals surface area (Å²) in [6.45, 7) is 5.62. The summed E-state index contributed by atoms with van der Waals surface area (Å²) in [6, 6.07) is 3.34. The average molecular weight is 287 g/mol. The van der Waals surface area contributed by atoms with Crippen molar-refractivity contribution in [3.05, 3.63) is 22.7 Å². The number of ether oxygens (including phenoxy) is 3. The third-order valence-electron chi connectivity index (χ3n) is 2.93. The largest absolute Gasteiger partial charge is 0.493 e. The molecule has 1 aromatic rings. The van der Waals surface area contributed by atoms with E-state index >= 15 is 0 Å². The van der Waals surface area contributed by atoms with Crippen LogP contribution in [0.1, 0.15) is 26.3 Å². The van der Waals surface area contributed by atoms with Crippen LogP contribution in [0.15, 0.2) is 12.1 Å². The first-order valence-electron chi connectivity index (χ1n) is 5.97. The second-order valence-corrected chi connectivity index (χ2v) is 4.94. The van der Waals surface area contributed by atoms with E-state index in [4.69, 9.17) is 25.8 Å². The van der Waals surface area contributed by atoms with Gasteiger partial charge >= 0.3 is 5.97 Å². The molecule has 0 aromatic heterocycles. The monoisotopic (exact) mass is 286 g/mol. The van der Waals surface area contributed by atoms with Gasteiger partial charge in [0.25, 0.3) is 0 Å². The molecule has 4 nitrogen and oxygen atoms in total. The van der Waals surface area contributed by atoms with E-state index in [9.17, 15) is 4.79 Å². The van der Waals surface area contributed by atoms with E-state index in [0.717, 1.165) is 0 Å². The van der Waals surface area contributed by atoms with Crippen molar-refractivity contribution in [2.45, 2.75) is 26.2 Å². The molecule has 0 saturated carbocycles. The van der Waals surface area contributed by atoms with Gasteiger partial charge in [-0.2, -0.15) is 0 Å². The van der Waals surface area contributed by atoms with Crippen LogP contribution in [-0.2, 0) is 14.9 Å². The Kier molecular flexibility index (Phi) is 5.06. The Bertz CT molecular complexity index is 469. The smallest absolute Gasteiger partial charge is 0.316 e. The molecular formula is C14H19ClO4. The second kappa shape index (κ2) is 6.15. The highest BCUT2D eigenvalue weighted by molar-refractivity contribution is 6.32. The predicted octanol–water partition coefficient (Wildman–Crippen LogP) is 3.20. The quantitative estimate of drug-likeness (QED) is 0.780. The first-order valence-corrected chi connectivity index (χ1v) is 6.35. The van der Waals surface area contributed by atoms with Crippen molar-refractivity contribution in [2.75, 3.05) is 20.8 Å². The minimum atomic E-state index is -0.855. The first kappa shape index (κ1) is 15.6. The number of hydrogen-bond acceptors (Lipinski definition) is 4. The molecule has 0 fully saturated rings. The summed E-state index contributed by atoms with van der Waals surface area (Å²) in [5, 5.41) is 0.440. The Labute approximate surface area is 118 Å². The topological polar surface area (TPSA) is 44.8 Å². The molecule has 0 aliphatic carbocycles. The van der Waals surface area contributed by atoms with Crippen molar-refractivity contribution in [1.29, 1.82) is 0 Å². The van der Waals surface area contributed by atoms with Crippen LogP contribution in [0.2, 0.25) is 5.02 Å². The van der Waals surface area contributed by atoms with Gasteiger partial charge in [0.05, 0.1) is 26.2 Å². The Balaban J connectivity index is 3.30.